The van der Waals surface area contributed by atoms with Gasteiger partial charge in [0.2, 0.25) is 0 Å². The summed E-state index contributed by atoms with van der Waals surface area (Å²) < 4.78 is 18.6. The van der Waals surface area contributed by atoms with Gasteiger partial charge in [-0.05, 0) is 49.1 Å². The molecule has 1 aromatic carbocycles. The van der Waals surface area contributed by atoms with E-state index in [0.717, 1.165) is 30.7 Å². The van der Waals surface area contributed by atoms with Gasteiger partial charge >= 0.3 is 0 Å². The molecule has 0 heterocycles. The number of benzene rings is 1. The molecule has 0 aliphatic rings. The highest BCUT2D eigenvalue weighted by molar-refractivity contribution is 5.29. The maximum atomic E-state index is 13.4. The summed E-state index contributed by atoms with van der Waals surface area (Å²) in [5, 5.41) is 3.43. The molecule has 1 rings (SSSR count). The van der Waals surface area contributed by atoms with Crippen LogP contribution >= 0.6 is 0 Å². The van der Waals surface area contributed by atoms with Gasteiger partial charge < -0.3 is 10.1 Å². The van der Waals surface area contributed by atoms with E-state index in [1.165, 1.54) is 6.07 Å². The molecule has 3 heteroatoms. The van der Waals surface area contributed by atoms with Gasteiger partial charge in [-0.15, -0.1) is 0 Å². The molecular formula is C15H24FNO. The lowest BCUT2D eigenvalue weighted by Crippen LogP contribution is -2.25. The standard InChI is InChI=1S/C15H24FNO/c1-5-17-15(8-11(2)10-18-4)14-9-13(16)7-6-12(14)3/h6-7,9,11,15,17H,5,8,10H2,1-4H3. The minimum Gasteiger partial charge on any atom is -0.384 e. The Morgan fingerprint density at radius 1 is 1.39 bits per heavy atom. The van der Waals surface area contributed by atoms with Gasteiger partial charge in [0.05, 0.1) is 0 Å². The van der Waals surface area contributed by atoms with Crippen LogP contribution in [-0.2, 0) is 4.74 Å². The first-order valence-electron chi connectivity index (χ1n) is 6.56. The Morgan fingerprint density at radius 3 is 2.72 bits per heavy atom. The molecular weight excluding hydrogens is 229 g/mol. The summed E-state index contributed by atoms with van der Waals surface area (Å²) in [7, 11) is 1.71. The smallest absolute Gasteiger partial charge is 0.123 e. The molecule has 2 unspecified atom stereocenters. The topological polar surface area (TPSA) is 21.3 Å². The largest absolute Gasteiger partial charge is 0.384 e. The number of hydrogen-bond acceptors (Lipinski definition) is 2. The highest BCUT2D eigenvalue weighted by Gasteiger charge is 2.16. The van der Waals surface area contributed by atoms with Gasteiger partial charge in [-0.3, -0.25) is 0 Å². The first-order valence-corrected chi connectivity index (χ1v) is 6.56. The van der Waals surface area contributed by atoms with E-state index in [2.05, 4.69) is 19.2 Å². The molecule has 102 valence electrons. The highest BCUT2D eigenvalue weighted by Crippen LogP contribution is 2.25. The predicted molar refractivity (Wildman–Crippen MR) is 73.2 cm³/mol. The van der Waals surface area contributed by atoms with Crippen molar-refractivity contribution >= 4 is 0 Å². The maximum absolute atomic E-state index is 13.4. The van der Waals surface area contributed by atoms with Crippen LogP contribution in [0.1, 0.15) is 37.4 Å². The molecule has 0 radical (unpaired) electrons. The summed E-state index contributed by atoms with van der Waals surface area (Å²) in [5.74, 6) is 0.277. The van der Waals surface area contributed by atoms with E-state index in [4.69, 9.17) is 4.74 Å². The Bertz CT molecular complexity index is 368. The second kappa shape index (κ2) is 7.49. The number of hydrogen-bond donors (Lipinski definition) is 1. The quantitative estimate of drug-likeness (QED) is 0.803. The van der Waals surface area contributed by atoms with Crippen LogP contribution in [0.25, 0.3) is 0 Å². The maximum Gasteiger partial charge on any atom is 0.123 e. The third kappa shape index (κ3) is 4.39. The van der Waals surface area contributed by atoms with Gasteiger partial charge in [0.15, 0.2) is 0 Å². The van der Waals surface area contributed by atoms with E-state index >= 15 is 0 Å². The number of ether oxygens (including phenoxy) is 1. The Kier molecular flexibility index (Phi) is 6.30. The van der Waals surface area contributed by atoms with Crippen molar-refractivity contribution in [3.05, 3.63) is 35.1 Å². The lowest BCUT2D eigenvalue weighted by molar-refractivity contribution is 0.149. The number of halogens is 1. The number of nitrogens with one attached hydrogen (secondary N) is 1. The lowest BCUT2D eigenvalue weighted by Gasteiger charge is -2.23. The van der Waals surface area contributed by atoms with E-state index in [1.54, 1.807) is 13.2 Å². The molecule has 0 fully saturated rings. The van der Waals surface area contributed by atoms with Crippen molar-refractivity contribution in [2.24, 2.45) is 5.92 Å². The van der Waals surface area contributed by atoms with E-state index in [1.807, 2.05) is 13.0 Å². The molecule has 2 atom stereocenters. The first kappa shape index (κ1) is 15.1. The third-order valence-electron chi connectivity index (χ3n) is 3.16. The fraction of sp³-hybridized carbons (Fsp3) is 0.600. The Labute approximate surface area is 110 Å². The Hall–Kier alpha value is -0.930. The molecule has 2 nitrogen and oxygen atoms in total. The normalized spacial score (nSPS) is 14.5. The molecule has 0 bridgehead atoms. The van der Waals surface area contributed by atoms with Crippen molar-refractivity contribution in [2.75, 3.05) is 20.3 Å². The van der Waals surface area contributed by atoms with E-state index in [9.17, 15) is 4.39 Å². The summed E-state index contributed by atoms with van der Waals surface area (Å²) in [6, 6.07) is 5.19. The number of aryl methyl sites for hydroxylation is 1. The first-order chi connectivity index (χ1) is 8.58. The van der Waals surface area contributed by atoms with Crippen molar-refractivity contribution in [1.82, 2.24) is 5.32 Å². The molecule has 0 saturated heterocycles. The van der Waals surface area contributed by atoms with Gasteiger partial charge in [-0.25, -0.2) is 4.39 Å². The molecule has 0 amide bonds. The summed E-state index contributed by atoms with van der Waals surface area (Å²) in [6.45, 7) is 7.86. The second-order valence-electron chi connectivity index (χ2n) is 4.91. The molecule has 0 aromatic heterocycles. The van der Waals surface area contributed by atoms with Crippen LogP contribution in [0.2, 0.25) is 0 Å². The van der Waals surface area contributed by atoms with Gasteiger partial charge in [0, 0.05) is 19.8 Å². The van der Waals surface area contributed by atoms with Crippen molar-refractivity contribution < 1.29 is 9.13 Å². The third-order valence-corrected chi connectivity index (χ3v) is 3.16. The van der Waals surface area contributed by atoms with Crippen LogP contribution in [0.4, 0.5) is 4.39 Å². The van der Waals surface area contributed by atoms with Crippen LogP contribution in [0.5, 0.6) is 0 Å². The second-order valence-corrected chi connectivity index (χ2v) is 4.91. The molecule has 0 saturated carbocycles. The van der Waals surface area contributed by atoms with Crippen molar-refractivity contribution in [3.63, 3.8) is 0 Å². The van der Waals surface area contributed by atoms with Crippen molar-refractivity contribution in [2.45, 2.75) is 33.2 Å². The number of rotatable bonds is 7. The zero-order chi connectivity index (χ0) is 13.5. The van der Waals surface area contributed by atoms with E-state index < -0.39 is 0 Å². The lowest BCUT2D eigenvalue weighted by atomic mass is 9.93. The van der Waals surface area contributed by atoms with Gasteiger partial charge in [0.25, 0.3) is 0 Å². The van der Waals surface area contributed by atoms with Crippen LogP contribution < -0.4 is 5.32 Å². The monoisotopic (exact) mass is 253 g/mol. The van der Waals surface area contributed by atoms with Crippen LogP contribution in [0, 0.1) is 18.7 Å². The van der Waals surface area contributed by atoms with Crippen LogP contribution in [0.15, 0.2) is 18.2 Å². The Morgan fingerprint density at radius 2 is 2.11 bits per heavy atom. The molecule has 1 aromatic rings. The van der Waals surface area contributed by atoms with Gasteiger partial charge in [-0.1, -0.05) is 19.9 Å². The predicted octanol–water partition coefficient (Wildman–Crippen LogP) is 3.46. The SMILES string of the molecule is CCNC(CC(C)COC)c1cc(F)ccc1C. The Balaban J connectivity index is 2.85. The van der Waals surface area contributed by atoms with Gasteiger partial charge in [0.1, 0.15) is 5.82 Å². The van der Waals surface area contributed by atoms with Gasteiger partial charge in [-0.2, -0.15) is 0 Å². The average Bonchev–Trinajstić information content (AvgIpc) is 2.32. The fourth-order valence-corrected chi connectivity index (χ4v) is 2.31. The molecule has 1 N–H and O–H groups in total. The summed E-state index contributed by atoms with van der Waals surface area (Å²) in [6.07, 6.45) is 0.950. The van der Waals surface area contributed by atoms with Crippen LogP contribution in [0.3, 0.4) is 0 Å². The summed E-state index contributed by atoms with van der Waals surface area (Å²) >= 11 is 0. The van der Waals surface area contributed by atoms with Crippen molar-refractivity contribution in [1.29, 1.82) is 0 Å². The minimum absolute atomic E-state index is 0.169. The zero-order valence-corrected chi connectivity index (χ0v) is 11.8. The zero-order valence-electron chi connectivity index (χ0n) is 11.8. The molecule has 0 aliphatic carbocycles. The van der Waals surface area contributed by atoms with E-state index in [-0.39, 0.29) is 11.9 Å². The molecule has 0 spiro atoms. The molecule has 0 aliphatic heterocycles. The average molecular weight is 253 g/mol. The number of methoxy groups -OCH3 is 1. The fourth-order valence-electron chi connectivity index (χ4n) is 2.31. The summed E-state index contributed by atoms with van der Waals surface area (Å²) in [4.78, 5) is 0. The van der Waals surface area contributed by atoms with Crippen molar-refractivity contribution in [3.8, 4) is 0 Å². The van der Waals surface area contributed by atoms with Crippen LogP contribution in [-0.4, -0.2) is 20.3 Å². The van der Waals surface area contributed by atoms with E-state index in [0.29, 0.717) is 5.92 Å². The highest BCUT2D eigenvalue weighted by atomic mass is 19.1. The molecule has 18 heavy (non-hydrogen) atoms. The minimum atomic E-state index is -0.169. The summed E-state index contributed by atoms with van der Waals surface area (Å²) in [5.41, 5.74) is 2.19.